The zero-order valence-electron chi connectivity index (χ0n) is 15.0. The first-order valence-electron chi connectivity index (χ1n) is 9.11. The summed E-state index contributed by atoms with van der Waals surface area (Å²) >= 11 is 0. The number of imidazole rings is 1. The van der Waals surface area contributed by atoms with Crippen molar-refractivity contribution in [3.63, 3.8) is 0 Å². The second-order valence-electron chi connectivity index (χ2n) is 7.02. The predicted molar refractivity (Wildman–Crippen MR) is 102 cm³/mol. The highest BCUT2D eigenvalue weighted by molar-refractivity contribution is 5.97. The number of fused-ring (bicyclic) bond motifs is 1. The predicted octanol–water partition coefficient (Wildman–Crippen LogP) is 2.89. The van der Waals surface area contributed by atoms with Crippen LogP contribution in [0, 0.1) is 5.92 Å². The minimum Gasteiger partial charge on any atom is -0.295 e. The molecule has 0 atom stereocenters. The standard InChI is InChI=1S/C21H23N3O2/c1-22-18-9-5-6-10-19(18)24(21(22)26)15-23-13-11-17(12-14-23)20(25)16-7-3-2-4-8-16/h2-10,17H,11-15H2,1H3. The first-order valence-corrected chi connectivity index (χ1v) is 9.11. The number of Topliss-reactive ketones (excluding diaryl/α,β-unsaturated/α-hetero) is 1. The summed E-state index contributed by atoms with van der Waals surface area (Å²) in [6.07, 6.45) is 1.68. The summed E-state index contributed by atoms with van der Waals surface area (Å²) in [5.41, 5.74) is 2.72. The average Bonchev–Trinajstić information content (AvgIpc) is 2.94. The van der Waals surface area contributed by atoms with Crippen LogP contribution in [0.4, 0.5) is 0 Å². The molecule has 1 aliphatic heterocycles. The van der Waals surface area contributed by atoms with Crippen LogP contribution in [0.25, 0.3) is 11.0 Å². The summed E-state index contributed by atoms with van der Waals surface area (Å²) in [6, 6.07) is 17.4. The molecule has 1 aromatic heterocycles. The van der Waals surface area contributed by atoms with Gasteiger partial charge < -0.3 is 0 Å². The highest BCUT2D eigenvalue weighted by atomic mass is 16.2. The molecule has 4 rings (SSSR count). The number of likely N-dealkylation sites (tertiary alicyclic amines) is 1. The normalized spacial score (nSPS) is 16.2. The number of benzene rings is 2. The molecule has 5 nitrogen and oxygen atoms in total. The van der Waals surface area contributed by atoms with Crippen molar-refractivity contribution in [3.8, 4) is 0 Å². The summed E-state index contributed by atoms with van der Waals surface area (Å²) in [5, 5.41) is 0. The SMILES string of the molecule is Cn1c(=O)n(CN2CCC(C(=O)c3ccccc3)CC2)c2ccccc21. The smallest absolute Gasteiger partial charge is 0.295 e. The van der Waals surface area contributed by atoms with Crippen LogP contribution in [-0.4, -0.2) is 32.9 Å². The fourth-order valence-electron chi connectivity index (χ4n) is 3.87. The van der Waals surface area contributed by atoms with E-state index < -0.39 is 0 Å². The quantitative estimate of drug-likeness (QED) is 0.681. The van der Waals surface area contributed by atoms with E-state index in [1.165, 1.54) is 0 Å². The number of para-hydroxylation sites is 2. The van der Waals surface area contributed by atoms with Gasteiger partial charge in [0.2, 0.25) is 0 Å². The zero-order valence-corrected chi connectivity index (χ0v) is 15.0. The fraction of sp³-hybridized carbons (Fsp3) is 0.333. The lowest BCUT2D eigenvalue weighted by atomic mass is 9.89. The van der Waals surface area contributed by atoms with E-state index in [0.29, 0.717) is 6.67 Å². The van der Waals surface area contributed by atoms with Crippen LogP contribution in [-0.2, 0) is 13.7 Å². The molecule has 2 heterocycles. The molecule has 0 aliphatic carbocycles. The Kier molecular flexibility index (Phi) is 4.47. The van der Waals surface area contributed by atoms with Crippen molar-refractivity contribution >= 4 is 16.8 Å². The van der Waals surface area contributed by atoms with E-state index in [4.69, 9.17) is 0 Å². The summed E-state index contributed by atoms with van der Waals surface area (Å²) in [7, 11) is 1.81. The van der Waals surface area contributed by atoms with Gasteiger partial charge in [-0.1, -0.05) is 42.5 Å². The van der Waals surface area contributed by atoms with Crippen molar-refractivity contribution in [3.05, 3.63) is 70.6 Å². The van der Waals surface area contributed by atoms with Gasteiger partial charge in [-0.15, -0.1) is 0 Å². The number of rotatable bonds is 4. The maximum absolute atomic E-state index is 12.6. The van der Waals surface area contributed by atoms with Gasteiger partial charge in [-0.05, 0) is 25.0 Å². The lowest BCUT2D eigenvalue weighted by Crippen LogP contribution is -2.39. The summed E-state index contributed by atoms with van der Waals surface area (Å²) in [6.45, 7) is 2.24. The maximum Gasteiger partial charge on any atom is 0.329 e. The minimum atomic E-state index is 0.00804. The molecule has 1 fully saturated rings. The second kappa shape index (κ2) is 6.92. The fourth-order valence-corrected chi connectivity index (χ4v) is 3.87. The van der Waals surface area contributed by atoms with Crippen molar-refractivity contribution in [2.24, 2.45) is 13.0 Å². The molecule has 0 unspecified atom stereocenters. The molecular formula is C21H23N3O2. The van der Waals surface area contributed by atoms with Crippen molar-refractivity contribution in [2.75, 3.05) is 13.1 Å². The molecule has 0 N–H and O–H groups in total. The third-order valence-electron chi connectivity index (χ3n) is 5.41. The molecule has 3 aromatic rings. The molecule has 2 aromatic carbocycles. The van der Waals surface area contributed by atoms with Gasteiger partial charge in [0.15, 0.2) is 5.78 Å². The van der Waals surface area contributed by atoms with Gasteiger partial charge >= 0.3 is 5.69 Å². The lowest BCUT2D eigenvalue weighted by molar-refractivity contribution is 0.0811. The van der Waals surface area contributed by atoms with E-state index in [1.54, 1.807) is 4.57 Å². The number of carbonyl (C=O) groups excluding carboxylic acids is 1. The van der Waals surface area contributed by atoms with Gasteiger partial charge in [0.05, 0.1) is 17.7 Å². The Labute approximate surface area is 152 Å². The highest BCUT2D eigenvalue weighted by Gasteiger charge is 2.26. The molecule has 0 saturated carbocycles. The number of ketones is 1. The molecule has 1 aliphatic rings. The third kappa shape index (κ3) is 2.99. The summed E-state index contributed by atoms with van der Waals surface area (Å²) in [4.78, 5) is 27.5. The van der Waals surface area contributed by atoms with Gasteiger partial charge in [-0.3, -0.25) is 18.8 Å². The first-order chi connectivity index (χ1) is 12.6. The van der Waals surface area contributed by atoms with E-state index in [9.17, 15) is 9.59 Å². The Bertz CT molecular complexity index is 979. The van der Waals surface area contributed by atoms with Crippen LogP contribution in [0.3, 0.4) is 0 Å². The number of carbonyl (C=O) groups is 1. The van der Waals surface area contributed by atoms with Crippen LogP contribution in [0.1, 0.15) is 23.2 Å². The van der Waals surface area contributed by atoms with Crippen LogP contribution in [0.5, 0.6) is 0 Å². The number of aromatic nitrogens is 2. The van der Waals surface area contributed by atoms with E-state index in [1.807, 2.05) is 66.2 Å². The van der Waals surface area contributed by atoms with Crippen molar-refractivity contribution < 1.29 is 4.79 Å². The van der Waals surface area contributed by atoms with Gasteiger partial charge in [-0.25, -0.2) is 4.79 Å². The molecule has 1 saturated heterocycles. The lowest BCUT2D eigenvalue weighted by Gasteiger charge is -2.31. The van der Waals surface area contributed by atoms with Crippen molar-refractivity contribution in [1.82, 2.24) is 14.0 Å². The van der Waals surface area contributed by atoms with Crippen LogP contribution < -0.4 is 5.69 Å². The van der Waals surface area contributed by atoms with Crippen LogP contribution in [0.2, 0.25) is 0 Å². The number of hydrogen-bond acceptors (Lipinski definition) is 3. The van der Waals surface area contributed by atoms with E-state index in [2.05, 4.69) is 4.90 Å². The molecule has 26 heavy (non-hydrogen) atoms. The monoisotopic (exact) mass is 349 g/mol. The molecule has 0 radical (unpaired) electrons. The Hall–Kier alpha value is -2.66. The van der Waals surface area contributed by atoms with E-state index >= 15 is 0 Å². The zero-order chi connectivity index (χ0) is 18.1. The van der Waals surface area contributed by atoms with Gasteiger partial charge in [-0.2, -0.15) is 0 Å². The molecule has 134 valence electrons. The van der Waals surface area contributed by atoms with Gasteiger partial charge in [0.25, 0.3) is 0 Å². The molecular weight excluding hydrogens is 326 g/mol. The number of nitrogens with zero attached hydrogens (tertiary/aromatic N) is 3. The van der Waals surface area contributed by atoms with Crippen molar-refractivity contribution in [1.29, 1.82) is 0 Å². The summed E-state index contributed by atoms with van der Waals surface area (Å²) in [5.74, 6) is 0.325. The minimum absolute atomic E-state index is 0.00804. The van der Waals surface area contributed by atoms with Gasteiger partial charge in [0, 0.05) is 31.6 Å². The van der Waals surface area contributed by atoms with Crippen LogP contribution in [0.15, 0.2) is 59.4 Å². The van der Waals surface area contributed by atoms with Crippen molar-refractivity contribution in [2.45, 2.75) is 19.5 Å². The Morgan fingerprint density at radius 2 is 1.58 bits per heavy atom. The number of aryl methyl sites for hydroxylation is 1. The number of piperidine rings is 1. The Balaban J connectivity index is 1.46. The highest BCUT2D eigenvalue weighted by Crippen LogP contribution is 2.22. The van der Waals surface area contributed by atoms with Gasteiger partial charge in [0.1, 0.15) is 0 Å². The topological polar surface area (TPSA) is 47.2 Å². The average molecular weight is 349 g/mol. The first kappa shape index (κ1) is 16.8. The molecule has 0 spiro atoms. The maximum atomic E-state index is 12.6. The Morgan fingerprint density at radius 1 is 0.962 bits per heavy atom. The van der Waals surface area contributed by atoms with Crippen LogP contribution >= 0.6 is 0 Å². The molecule has 0 amide bonds. The van der Waals surface area contributed by atoms with E-state index in [-0.39, 0.29) is 17.4 Å². The molecule has 5 heteroatoms. The van der Waals surface area contributed by atoms with E-state index in [0.717, 1.165) is 42.5 Å². The molecule has 0 bridgehead atoms. The number of hydrogen-bond donors (Lipinski definition) is 0. The summed E-state index contributed by atoms with van der Waals surface area (Å²) < 4.78 is 3.52. The third-order valence-corrected chi connectivity index (χ3v) is 5.41. The second-order valence-corrected chi connectivity index (χ2v) is 7.02. The Morgan fingerprint density at radius 3 is 2.27 bits per heavy atom. The largest absolute Gasteiger partial charge is 0.329 e.